The molecule has 0 aliphatic carbocycles. The molecule has 2 nitrogen and oxygen atoms in total. The molecule has 1 unspecified atom stereocenters. The molecule has 0 amide bonds. The highest BCUT2D eigenvalue weighted by atomic mass is 16.3. The maximum absolute atomic E-state index is 9.44. The van der Waals surface area contributed by atoms with Crippen LogP contribution in [0.5, 0.6) is 5.75 Å². The molecule has 1 heterocycles. The zero-order chi connectivity index (χ0) is 11.7. The summed E-state index contributed by atoms with van der Waals surface area (Å²) in [6.45, 7) is 0.848. The molecule has 0 spiro atoms. The molecule has 2 N–H and O–H groups in total. The Labute approximate surface area is 101 Å². The highest BCUT2D eigenvalue weighted by Gasteiger charge is 2.21. The monoisotopic (exact) mass is 225 g/mol. The van der Waals surface area contributed by atoms with Crippen LogP contribution in [0.1, 0.15) is 22.7 Å². The Morgan fingerprint density at radius 2 is 1.94 bits per heavy atom. The van der Waals surface area contributed by atoms with Crippen molar-refractivity contribution in [3.63, 3.8) is 0 Å². The molecular weight excluding hydrogens is 210 g/mol. The summed E-state index contributed by atoms with van der Waals surface area (Å²) in [6, 6.07) is 16.5. The molecule has 3 rings (SSSR count). The van der Waals surface area contributed by atoms with E-state index in [0.29, 0.717) is 11.8 Å². The van der Waals surface area contributed by atoms with Gasteiger partial charge in [-0.05, 0) is 35.2 Å². The number of rotatable bonds is 2. The zero-order valence-corrected chi connectivity index (χ0v) is 9.56. The lowest BCUT2D eigenvalue weighted by atomic mass is 9.98. The second kappa shape index (κ2) is 4.22. The van der Waals surface area contributed by atoms with Gasteiger partial charge in [-0.25, -0.2) is 0 Å². The summed E-state index contributed by atoms with van der Waals surface area (Å²) in [5.41, 5.74) is 3.86. The van der Waals surface area contributed by atoms with E-state index in [1.165, 1.54) is 16.7 Å². The molecule has 0 radical (unpaired) electrons. The summed E-state index contributed by atoms with van der Waals surface area (Å²) in [6.07, 6.45) is 0.999. The van der Waals surface area contributed by atoms with E-state index in [0.717, 1.165) is 13.0 Å². The van der Waals surface area contributed by atoms with E-state index in [-0.39, 0.29) is 0 Å². The van der Waals surface area contributed by atoms with Crippen molar-refractivity contribution in [1.29, 1.82) is 0 Å². The highest BCUT2D eigenvalue weighted by molar-refractivity contribution is 5.40. The van der Waals surface area contributed by atoms with Gasteiger partial charge in [-0.3, -0.25) is 0 Å². The van der Waals surface area contributed by atoms with Crippen molar-refractivity contribution in [2.24, 2.45) is 0 Å². The highest BCUT2D eigenvalue weighted by Crippen LogP contribution is 2.30. The number of phenolic OH excluding ortho intramolecular Hbond substituents is 1. The lowest BCUT2D eigenvalue weighted by molar-refractivity contribution is 0.474. The predicted octanol–water partition coefficient (Wildman–Crippen LogP) is 2.78. The molecule has 0 aromatic heterocycles. The minimum atomic E-state index is 0.353. The van der Waals surface area contributed by atoms with Gasteiger partial charge < -0.3 is 10.4 Å². The predicted molar refractivity (Wildman–Crippen MR) is 67.8 cm³/mol. The van der Waals surface area contributed by atoms with Gasteiger partial charge in [-0.15, -0.1) is 0 Å². The first-order valence-electron chi connectivity index (χ1n) is 5.92. The molecule has 1 atom stereocenters. The SMILES string of the molecule is Oc1ccc2c(c1)CNC2Cc1ccccc1. The van der Waals surface area contributed by atoms with Crippen LogP contribution < -0.4 is 5.32 Å². The Kier molecular flexibility index (Phi) is 2.57. The minimum Gasteiger partial charge on any atom is -0.508 e. The summed E-state index contributed by atoms with van der Waals surface area (Å²) >= 11 is 0. The Hall–Kier alpha value is -1.80. The van der Waals surface area contributed by atoms with Crippen molar-refractivity contribution in [2.45, 2.75) is 19.0 Å². The Bertz CT molecular complexity index is 522. The van der Waals surface area contributed by atoms with E-state index < -0.39 is 0 Å². The van der Waals surface area contributed by atoms with Crippen molar-refractivity contribution in [3.05, 3.63) is 65.2 Å². The molecule has 2 heteroatoms. The molecule has 0 saturated carbocycles. The lowest BCUT2D eigenvalue weighted by Crippen LogP contribution is -2.14. The van der Waals surface area contributed by atoms with E-state index in [2.05, 4.69) is 29.6 Å². The van der Waals surface area contributed by atoms with Gasteiger partial charge in [0.1, 0.15) is 5.75 Å². The zero-order valence-electron chi connectivity index (χ0n) is 9.56. The third-order valence-corrected chi connectivity index (χ3v) is 3.32. The second-order valence-electron chi connectivity index (χ2n) is 4.51. The number of benzene rings is 2. The van der Waals surface area contributed by atoms with Crippen LogP contribution in [0, 0.1) is 0 Å². The van der Waals surface area contributed by atoms with Crippen LogP contribution >= 0.6 is 0 Å². The molecule has 1 aliphatic rings. The summed E-state index contributed by atoms with van der Waals surface area (Å²) in [7, 11) is 0. The third-order valence-electron chi connectivity index (χ3n) is 3.32. The fraction of sp³-hybridized carbons (Fsp3) is 0.200. The Morgan fingerprint density at radius 3 is 2.76 bits per heavy atom. The van der Waals surface area contributed by atoms with Crippen LogP contribution in [0.4, 0.5) is 0 Å². The van der Waals surface area contributed by atoms with Crippen molar-refractivity contribution < 1.29 is 5.11 Å². The topological polar surface area (TPSA) is 32.3 Å². The van der Waals surface area contributed by atoms with Crippen LogP contribution in [0.15, 0.2) is 48.5 Å². The maximum atomic E-state index is 9.44. The summed E-state index contributed by atoms with van der Waals surface area (Å²) < 4.78 is 0. The molecule has 86 valence electrons. The summed E-state index contributed by atoms with van der Waals surface area (Å²) in [5, 5.41) is 12.9. The van der Waals surface area contributed by atoms with E-state index in [1.54, 1.807) is 6.07 Å². The first-order valence-corrected chi connectivity index (χ1v) is 5.92. The molecule has 0 saturated heterocycles. The van der Waals surface area contributed by atoms with Gasteiger partial charge in [0.05, 0.1) is 0 Å². The van der Waals surface area contributed by atoms with Crippen molar-refractivity contribution >= 4 is 0 Å². The molecule has 0 bridgehead atoms. The molecule has 2 aromatic carbocycles. The van der Waals surface area contributed by atoms with Gasteiger partial charge in [0, 0.05) is 12.6 Å². The number of fused-ring (bicyclic) bond motifs is 1. The molecule has 0 fully saturated rings. The van der Waals surface area contributed by atoms with Gasteiger partial charge in [-0.2, -0.15) is 0 Å². The number of hydrogen-bond donors (Lipinski definition) is 2. The van der Waals surface area contributed by atoms with Crippen LogP contribution in [0.2, 0.25) is 0 Å². The standard InChI is InChI=1S/C15H15NO/c17-13-6-7-14-12(9-13)10-16-15(14)8-11-4-2-1-3-5-11/h1-7,9,15-17H,8,10H2. The summed E-state index contributed by atoms with van der Waals surface area (Å²) in [5.74, 6) is 0.353. The summed E-state index contributed by atoms with van der Waals surface area (Å²) in [4.78, 5) is 0. The van der Waals surface area contributed by atoms with Gasteiger partial charge in [0.25, 0.3) is 0 Å². The first-order chi connectivity index (χ1) is 8.33. The number of phenols is 1. The van der Waals surface area contributed by atoms with Crippen molar-refractivity contribution in [3.8, 4) is 5.75 Å². The van der Waals surface area contributed by atoms with Gasteiger partial charge in [0.2, 0.25) is 0 Å². The Balaban J connectivity index is 1.85. The molecule has 2 aromatic rings. The second-order valence-corrected chi connectivity index (χ2v) is 4.51. The van der Waals surface area contributed by atoms with Crippen molar-refractivity contribution in [2.75, 3.05) is 0 Å². The van der Waals surface area contributed by atoms with E-state index in [1.807, 2.05) is 18.2 Å². The fourth-order valence-electron chi connectivity index (χ4n) is 2.46. The quantitative estimate of drug-likeness (QED) is 0.823. The van der Waals surface area contributed by atoms with Crippen molar-refractivity contribution in [1.82, 2.24) is 5.32 Å². The fourth-order valence-corrected chi connectivity index (χ4v) is 2.46. The number of hydrogen-bond acceptors (Lipinski definition) is 2. The smallest absolute Gasteiger partial charge is 0.115 e. The number of nitrogens with one attached hydrogen (secondary N) is 1. The number of aromatic hydroxyl groups is 1. The maximum Gasteiger partial charge on any atom is 0.115 e. The normalized spacial score (nSPS) is 18.0. The lowest BCUT2D eigenvalue weighted by Gasteiger charge is -2.12. The van der Waals surface area contributed by atoms with Gasteiger partial charge in [0.15, 0.2) is 0 Å². The first kappa shape index (κ1) is 10.4. The van der Waals surface area contributed by atoms with Gasteiger partial charge >= 0.3 is 0 Å². The minimum absolute atomic E-state index is 0.353. The van der Waals surface area contributed by atoms with Crippen LogP contribution in [-0.2, 0) is 13.0 Å². The van der Waals surface area contributed by atoms with Crippen LogP contribution in [0.3, 0.4) is 0 Å². The largest absolute Gasteiger partial charge is 0.508 e. The molecular formula is C15H15NO. The third kappa shape index (κ3) is 2.04. The average Bonchev–Trinajstić information content (AvgIpc) is 2.73. The van der Waals surface area contributed by atoms with E-state index in [9.17, 15) is 5.11 Å². The van der Waals surface area contributed by atoms with E-state index >= 15 is 0 Å². The average molecular weight is 225 g/mol. The van der Waals surface area contributed by atoms with Crippen LogP contribution in [0.25, 0.3) is 0 Å². The van der Waals surface area contributed by atoms with Gasteiger partial charge in [-0.1, -0.05) is 36.4 Å². The van der Waals surface area contributed by atoms with E-state index in [4.69, 9.17) is 0 Å². The van der Waals surface area contributed by atoms with Crippen LogP contribution in [-0.4, -0.2) is 5.11 Å². The molecule has 17 heavy (non-hydrogen) atoms. The Morgan fingerprint density at radius 1 is 1.12 bits per heavy atom. The molecule has 1 aliphatic heterocycles.